The topological polar surface area (TPSA) is 51.2 Å². The summed E-state index contributed by atoms with van der Waals surface area (Å²) in [6.45, 7) is 2.08. The van der Waals surface area contributed by atoms with Gasteiger partial charge in [-0.3, -0.25) is 4.79 Å². The van der Waals surface area contributed by atoms with Crippen LogP contribution in [0.5, 0.6) is 5.75 Å². The van der Waals surface area contributed by atoms with E-state index in [-0.39, 0.29) is 5.91 Å². The number of thioether (sulfide) groups is 1. The first kappa shape index (κ1) is 16.8. The molecule has 6 heteroatoms. The summed E-state index contributed by atoms with van der Waals surface area (Å²) >= 11 is 3.34. The Kier molecular flexibility index (Phi) is 6.27. The number of amides is 1. The van der Waals surface area contributed by atoms with Crippen LogP contribution >= 0.6 is 23.1 Å². The Hall–Kier alpha value is -1.53. The maximum Gasteiger partial charge on any atom is 0.226 e. The third kappa shape index (κ3) is 4.74. The highest BCUT2D eigenvalue weighted by Crippen LogP contribution is 2.26. The lowest BCUT2D eigenvalue weighted by Gasteiger charge is -2.08. The first-order valence-electron chi connectivity index (χ1n) is 6.97. The number of hydrogen-bond acceptors (Lipinski definition) is 5. The summed E-state index contributed by atoms with van der Waals surface area (Å²) in [4.78, 5) is 15.8. The number of methoxy groups -OCH3 is 1. The highest BCUT2D eigenvalue weighted by Gasteiger charge is 2.08. The smallest absolute Gasteiger partial charge is 0.226 e. The van der Waals surface area contributed by atoms with E-state index in [0.717, 1.165) is 28.0 Å². The lowest BCUT2D eigenvalue weighted by Crippen LogP contribution is -2.19. The van der Waals surface area contributed by atoms with E-state index in [4.69, 9.17) is 4.74 Å². The van der Waals surface area contributed by atoms with Crippen molar-refractivity contribution in [3.05, 3.63) is 45.4 Å². The molecule has 22 heavy (non-hydrogen) atoms. The van der Waals surface area contributed by atoms with Crippen LogP contribution in [-0.2, 0) is 22.7 Å². The number of hydrogen-bond donors (Lipinski definition) is 1. The van der Waals surface area contributed by atoms with Crippen molar-refractivity contribution in [1.82, 2.24) is 10.3 Å². The Balaban J connectivity index is 1.89. The third-order valence-electron chi connectivity index (χ3n) is 3.13. The minimum Gasteiger partial charge on any atom is -0.496 e. The average molecular weight is 336 g/mol. The predicted molar refractivity (Wildman–Crippen MR) is 92.6 cm³/mol. The monoisotopic (exact) mass is 336 g/mol. The van der Waals surface area contributed by atoms with Crippen molar-refractivity contribution in [3.8, 4) is 5.75 Å². The zero-order valence-electron chi connectivity index (χ0n) is 13.0. The SMILES string of the molecule is CNC(=O)Cc1nc(CSCc2cc(C)ccc2OC)cs1. The number of ether oxygens (including phenoxy) is 1. The van der Waals surface area contributed by atoms with Crippen LogP contribution in [0.4, 0.5) is 0 Å². The first-order valence-corrected chi connectivity index (χ1v) is 9.01. The van der Waals surface area contributed by atoms with E-state index in [2.05, 4.69) is 29.4 Å². The zero-order chi connectivity index (χ0) is 15.9. The van der Waals surface area contributed by atoms with Gasteiger partial charge in [0, 0.05) is 29.5 Å². The molecule has 1 amide bonds. The number of aromatic nitrogens is 1. The summed E-state index contributed by atoms with van der Waals surface area (Å²) < 4.78 is 5.39. The number of carbonyl (C=O) groups excluding carboxylic acids is 1. The maximum atomic E-state index is 11.3. The van der Waals surface area contributed by atoms with Crippen molar-refractivity contribution >= 4 is 29.0 Å². The van der Waals surface area contributed by atoms with Crippen LogP contribution < -0.4 is 10.1 Å². The molecule has 2 rings (SSSR count). The number of aryl methyl sites for hydroxylation is 1. The quantitative estimate of drug-likeness (QED) is 0.844. The summed E-state index contributed by atoms with van der Waals surface area (Å²) in [6.07, 6.45) is 0.359. The van der Waals surface area contributed by atoms with Crippen molar-refractivity contribution in [2.24, 2.45) is 0 Å². The van der Waals surface area contributed by atoms with Crippen LogP contribution in [0.1, 0.15) is 21.8 Å². The van der Waals surface area contributed by atoms with Crippen LogP contribution in [0, 0.1) is 6.92 Å². The van der Waals surface area contributed by atoms with Gasteiger partial charge in [-0.2, -0.15) is 11.8 Å². The van der Waals surface area contributed by atoms with Gasteiger partial charge in [0.05, 0.1) is 19.2 Å². The van der Waals surface area contributed by atoms with Crippen molar-refractivity contribution in [1.29, 1.82) is 0 Å². The van der Waals surface area contributed by atoms with E-state index in [0.29, 0.717) is 6.42 Å². The Labute approximate surface area is 139 Å². The molecule has 0 fully saturated rings. The van der Waals surface area contributed by atoms with Gasteiger partial charge in [0.15, 0.2) is 0 Å². The van der Waals surface area contributed by atoms with E-state index in [1.807, 2.05) is 11.4 Å². The number of benzene rings is 1. The summed E-state index contributed by atoms with van der Waals surface area (Å²) in [5.41, 5.74) is 3.46. The Morgan fingerprint density at radius 2 is 2.23 bits per heavy atom. The van der Waals surface area contributed by atoms with Gasteiger partial charge < -0.3 is 10.1 Å². The predicted octanol–water partition coefficient (Wildman–Crippen LogP) is 3.18. The first-order chi connectivity index (χ1) is 10.6. The molecule has 1 N–H and O–H groups in total. The van der Waals surface area contributed by atoms with Crippen LogP contribution in [0.25, 0.3) is 0 Å². The van der Waals surface area contributed by atoms with E-state index < -0.39 is 0 Å². The minimum atomic E-state index is -0.00181. The molecule has 0 atom stereocenters. The number of nitrogens with zero attached hydrogens (tertiary/aromatic N) is 1. The zero-order valence-corrected chi connectivity index (χ0v) is 14.6. The Morgan fingerprint density at radius 1 is 1.41 bits per heavy atom. The van der Waals surface area contributed by atoms with Gasteiger partial charge in [0.2, 0.25) is 5.91 Å². The van der Waals surface area contributed by atoms with E-state index in [1.165, 1.54) is 22.5 Å². The number of thiazole rings is 1. The fourth-order valence-electron chi connectivity index (χ4n) is 2.01. The van der Waals surface area contributed by atoms with Crippen molar-refractivity contribution in [3.63, 3.8) is 0 Å². The molecule has 118 valence electrons. The molecule has 0 aliphatic heterocycles. The van der Waals surface area contributed by atoms with Gasteiger partial charge in [-0.1, -0.05) is 17.7 Å². The van der Waals surface area contributed by atoms with Crippen LogP contribution in [0.3, 0.4) is 0 Å². The molecule has 1 heterocycles. The molecule has 2 aromatic rings. The second-order valence-corrected chi connectivity index (χ2v) is 6.82. The summed E-state index contributed by atoms with van der Waals surface area (Å²) in [5.74, 6) is 2.64. The van der Waals surface area contributed by atoms with Crippen LogP contribution in [-0.4, -0.2) is 25.0 Å². The van der Waals surface area contributed by atoms with Gasteiger partial charge in [0.1, 0.15) is 10.8 Å². The normalized spacial score (nSPS) is 10.5. The van der Waals surface area contributed by atoms with Gasteiger partial charge in [-0.25, -0.2) is 4.98 Å². The number of nitrogens with one attached hydrogen (secondary N) is 1. The van der Waals surface area contributed by atoms with Crippen LogP contribution in [0.2, 0.25) is 0 Å². The second-order valence-electron chi connectivity index (χ2n) is 4.89. The molecule has 0 aliphatic rings. The molecule has 4 nitrogen and oxygen atoms in total. The fourth-order valence-corrected chi connectivity index (χ4v) is 3.81. The molecular formula is C16H20N2O2S2. The summed E-state index contributed by atoms with van der Waals surface area (Å²) in [7, 11) is 3.34. The molecule has 0 saturated heterocycles. The van der Waals surface area contributed by atoms with Crippen molar-refractivity contribution in [2.75, 3.05) is 14.2 Å². The van der Waals surface area contributed by atoms with Crippen LogP contribution in [0.15, 0.2) is 23.6 Å². The lowest BCUT2D eigenvalue weighted by molar-refractivity contribution is -0.119. The molecule has 0 bridgehead atoms. The molecule has 0 saturated carbocycles. The number of likely N-dealkylation sites (N-methyl/N-ethyl adjacent to an activating group) is 1. The Bertz CT molecular complexity index is 641. The highest BCUT2D eigenvalue weighted by atomic mass is 32.2. The molecular weight excluding hydrogens is 316 g/mol. The van der Waals surface area contributed by atoms with Gasteiger partial charge in [-0.15, -0.1) is 11.3 Å². The Morgan fingerprint density at radius 3 is 2.95 bits per heavy atom. The standard InChI is InChI=1S/C16H20N2O2S2/c1-11-4-5-14(20-3)12(6-11)8-21-9-13-10-22-16(18-13)7-15(19)17-2/h4-6,10H,7-9H2,1-3H3,(H,17,19). The molecule has 1 aromatic carbocycles. The van der Waals surface area contributed by atoms with Crippen molar-refractivity contribution in [2.45, 2.75) is 24.9 Å². The largest absolute Gasteiger partial charge is 0.496 e. The van der Waals surface area contributed by atoms with Crippen molar-refractivity contribution < 1.29 is 9.53 Å². The molecule has 1 aromatic heterocycles. The molecule has 0 radical (unpaired) electrons. The highest BCUT2D eigenvalue weighted by molar-refractivity contribution is 7.97. The maximum absolute atomic E-state index is 11.3. The molecule has 0 spiro atoms. The average Bonchev–Trinajstić information content (AvgIpc) is 2.95. The van der Waals surface area contributed by atoms with E-state index >= 15 is 0 Å². The number of rotatable bonds is 7. The fraction of sp³-hybridized carbons (Fsp3) is 0.375. The summed E-state index contributed by atoms with van der Waals surface area (Å²) in [6, 6.07) is 6.22. The molecule has 0 unspecified atom stereocenters. The molecule has 0 aliphatic carbocycles. The second kappa shape index (κ2) is 8.19. The minimum absolute atomic E-state index is 0.00181. The summed E-state index contributed by atoms with van der Waals surface area (Å²) in [5, 5.41) is 5.50. The third-order valence-corrected chi connectivity index (χ3v) is 5.05. The van der Waals surface area contributed by atoms with E-state index in [1.54, 1.807) is 25.9 Å². The van der Waals surface area contributed by atoms with Gasteiger partial charge >= 0.3 is 0 Å². The van der Waals surface area contributed by atoms with Gasteiger partial charge in [-0.05, 0) is 13.0 Å². The number of carbonyl (C=O) groups is 1. The van der Waals surface area contributed by atoms with E-state index in [9.17, 15) is 4.79 Å². The van der Waals surface area contributed by atoms with Gasteiger partial charge in [0.25, 0.3) is 0 Å². The lowest BCUT2D eigenvalue weighted by atomic mass is 10.1.